The number of rotatable bonds is 7. The second kappa shape index (κ2) is 9.17. The van der Waals surface area contributed by atoms with Gasteiger partial charge >= 0.3 is 12.1 Å². The molecule has 0 fully saturated rings. The number of alkyl halides is 3. The van der Waals surface area contributed by atoms with E-state index < -0.39 is 17.7 Å². The van der Waals surface area contributed by atoms with Crippen molar-refractivity contribution in [3.8, 4) is 5.69 Å². The lowest BCUT2D eigenvalue weighted by molar-refractivity contribution is -0.137. The summed E-state index contributed by atoms with van der Waals surface area (Å²) >= 11 is 1.04. The van der Waals surface area contributed by atoms with E-state index in [1.54, 1.807) is 4.68 Å². The minimum atomic E-state index is -4.39. The van der Waals surface area contributed by atoms with Crippen molar-refractivity contribution in [2.75, 3.05) is 11.5 Å². The van der Waals surface area contributed by atoms with Gasteiger partial charge < -0.3 is 10.4 Å². The predicted octanol–water partition coefficient (Wildman–Crippen LogP) is 3.85. The van der Waals surface area contributed by atoms with Crippen LogP contribution in [0.4, 0.5) is 13.2 Å². The predicted molar refractivity (Wildman–Crippen MR) is 111 cm³/mol. The number of aromatic nitrogens is 2. The van der Waals surface area contributed by atoms with E-state index in [9.17, 15) is 22.8 Å². The van der Waals surface area contributed by atoms with Crippen LogP contribution in [-0.4, -0.2) is 44.3 Å². The Morgan fingerprint density at radius 1 is 1.19 bits per heavy atom. The molecule has 0 aliphatic heterocycles. The van der Waals surface area contributed by atoms with Crippen molar-refractivity contribution in [3.05, 3.63) is 58.9 Å². The van der Waals surface area contributed by atoms with E-state index in [2.05, 4.69) is 10.4 Å². The Bertz CT molecular complexity index is 1000. The lowest BCUT2D eigenvalue weighted by atomic mass is 9.96. The van der Waals surface area contributed by atoms with E-state index >= 15 is 0 Å². The van der Waals surface area contributed by atoms with Crippen molar-refractivity contribution in [3.63, 3.8) is 0 Å². The minimum Gasteiger partial charge on any atom is -0.481 e. The van der Waals surface area contributed by atoms with Gasteiger partial charge in [-0.25, -0.2) is 4.68 Å². The van der Waals surface area contributed by atoms with Gasteiger partial charge in [0.2, 0.25) is 5.91 Å². The molecule has 10 heteroatoms. The highest BCUT2D eigenvalue weighted by Gasteiger charge is 2.30. The maximum atomic E-state index is 12.8. The number of hydrogen-bond donors (Lipinski definition) is 2. The molecule has 0 saturated carbocycles. The van der Waals surface area contributed by atoms with Gasteiger partial charge in [0.05, 0.1) is 28.5 Å². The fraction of sp³-hybridized carbons (Fsp3) is 0.381. The fourth-order valence-electron chi connectivity index (χ4n) is 3.73. The summed E-state index contributed by atoms with van der Waals surface area (Å²) in [5, 5.41) is 16.0. The normalized spacial score (nSPS) is 18.4. The molecule has 2 N–H and O–H groups in total. The van der Waals surface area contributed by atoms with E-state index in [-0.39, 0.29) is 29.4 Å². The van der Waals surface area contributed by atoms with Gasteiger partial charge in [-0.3, -0.25) is 9.59 Å². The number of carbonyl (C=O) groups is 2. The molecule has 2 atom stereocenters. The number of benzene rings is 1. The first-order valence-electron chi connectivity index (χ1n) is 9.57. The number of carbonyl (C=O) groups excluding carboxylic acids is 1. The second-order valence-corrected chi connectivity index (χ2v) is 8.31. The quantitative estimate of drug-likeness (QED) is 0.622. The molecular weight excluding hydrogens is 431 g/mol. The van der Waals surface area contributed by atoms with Gasteiger partial charge in [-0.1, -0.05) is 12.2 Å². The third-order valence-corrected chi connectivity index (χ3v) is 5.96. The van der Waals surface area contributed by atoms with E-state index in [0.29, 0.717) is 12.1 Å². The number of nitrogens with one attached hydrogen (secondary N) is 1. The molecule has 1 heterocycles. The Hall–Kier alpha value is -2.75. The maximum absolute atomic E-state index is 12.8. The maximum Gasteiger partial charge on any atom is 0.416 e. The second-order valence-electron chi connectivity index (χ2n) is 7.33. The highest BCUT2D eigenvalue weighted by molar-refractivity contribution is 8.00. The molecule has 1 aromatic heterocycles. The standard InChI is InChI=1S/C21H22F3N3O3S/c1-12-20(14-3-6-16(9-14)25-18(28)10-31-11-19(29)30)13(2)27(26-12)17-7-4-15(5-8-17)21(22,23)24/h3-8,14,16H,9-11H2,1-2H3,(H,25,28)(H,29,30). The third-order valence-electron chi connectivity index (χ3n) is 5.05. The van der Waals surface area contributed by atoms with Crippen molar-refractivity contribution in [2.45, 2.75) is 38.4 Å². The molecule has 0 bridgehead atoms. The summed E-state index contributed by atoms with van der Waals surface area (Å²) in [4.78, 5) is 22.5. The highest BCUT2D eigenvalue weighted by Crippen LogP contribution is 2.34. The molecule has 0 radical (unpaired) electrons. The fourth-order valence-corrected chi connectivity index (χ4v) is 4.28. The topological polar surface area (TPSA) is 84.2 Å². The first-order chi connectivity index (χ1) is 14.6. The molecule has 0 saturated heterocycles. The zero-order valence-electron chi connectivity index (χ0n) is 16.9. The molecule has 2 unspecified atom stereocenters. The van der Waals surface area contributed by atoms with E-state index in [1.165, 1.54) is 12.1 Å². The molecule has 0 spiro atoms. The number of carboxylic acids is 1. The molecule has 1 aliphatic rings. The van der Waals surface area contributed by atoms with E-state index in [4.69, 9.17) is 5.11 Å². The number of hydrogen-bond acceptors (Lipinski definition) is 4. The zero-order chi connectivity index (χ0) is 22.8. The number of aryl methyl sites for hydroxylation is 1. The molecule has 166 valence electrons. The minimum absolute atomic E-state index is 0.0140. The summed E-state index contributed by atoms with van der Waals surface area (Å²) in [7, 11) is 0. The van der Waals surface area contributed by atoms with Crippen LogP contribution >= 0.6 is 11.8 Å². The molecule has 1 aromatic carbocycles. The van der Waals surface area contributed by atoms with Crippen LogP contribution in [0, 0.1) is 13.8 Å². The highest BCUT2D eigenvalue weighted by atomic mass is 32.2. The molecule has 1 aliphatic carbocycles. The SMILES string of the molecule is Cc1nn(-c2ccc(C(F)(F)F)cc2)c(C)c1C1C=CC(NC(=O)CSCC(=O)O)C1. The number of nitrogens with zero attached hydrogens (tertiary/aromatic N) is 2. The van der Waals surface area contributed by atoms with Crippen LogP contribution in [0.1, 0.15) is 34.9 Å². The smallest absolute Gasteiger partial charge is 0.416 e. The average molecular weight is 453 g/mol. The number of thioether (sulfide) groups is 1. The van der Waals surface area contributed by atoms with Crippen LogP contribution in [-0.2, 0) is 15.8 Å². The Kier molecular flexibility index (Phi) is 6.78. The van der Waals surface area contributed by atoms with E-state index in [1.807, 2.05) is 26.0 Å². The van der Waals surface area contributed by atoms with Crippen molar-refractivity contribution in [1.82, 2.24) is 15.1 Å². The summed E-state index contributed by atoms with van der Waals surface area (Å²) in [6, 6.07) is 4.70. The van der Waals surface area contributed by atoms with Gasteiger partial charge in [0.25, 0.3) is 0 Å². The van der Waals surface area contributed by atoms with Crippen LogP contribution in [0.3, 0.4) is 0 Å². The molecule has 31 heavy (non-hydrogen) atoms. The van der Waals surface area contributed by atoms with Gasteiger partial charge in [-0.15, -0.1) is 11.8 Å². The number of halogens is 3. The van der Waals surface area contributed by atoms with Crippen LogP contribution in [0.25, 0.3) is 5.69 Å². The molecule has 2 aromatic rings. The Morgan fingerprint density at radius 2 is 1.87 bits per heavy atom. The Morgan fingerprint density at radius 3 is 2.48 bits per heavy atom. The van der Waals surface area contributed by atoms with Crippen LogP contribution < -0.4 is 5.32 Å². The van der Waals surface area contributed by atoms with Gasteiger partial charge in [-0.2, -0.15) is 18.3 Å². The van der Waals surface area contributed by atoms with Crippen molar-refractivity contribution in [2.24, 2.45) is 0 Å². The Balaban J connectivity index is 1.68. The number of carboxylic acid groups (broad SMARTS) is 1. The van der Waals surface area contributed by atoms with E-state index in [0.717, 1.165) is 40.8 Å². The molecule has 6 nitrogen and oxygen atoms in total. The van der Waals surface area contributed by atoms with Gasteiger partial charge in [0.1, 0.15) is 0 Å². The summed E-state index contributed by atoms with van der Waals surface area (Å²) < 4.78 is 40.1. The molecular formula is C21H22F3N3O3S. The summed E-state index contributed by atoms with van der Waals surface area (Å²) in [5.74, 6) is -1.23. The number of allylic oxidation sites excluding steroid dienone is 1. The summed E-state index contributed by atoms with van der Waals surface area (Å²) in [6.07, 6.45) is 0.136. The Labute approximate surface area is 181 Å². The van der Waals surface area contributed by atoms with Crippen LogP contribution in [0.5, 0.6) is 0 Å². The van der Waals surface area contributed by atoms with Gasteiger partial charge in [0, 0.05) is 23.2 Å². The first kappa shape index (κ1) is 22.9. The zero-order valence-corrected chi connectivity index (χ0v) is 17.8. The van der Waals surface area contributed by atoms with Gasteiger partial charge in [-0.05, 0) is 44.5 Å². The monoisotopic (exact) mass is 453 g/mol. The van der Waals surface area contributed by atoms with Crippen molar-refractivity contribution < 1.29 is 27.9 Å². The average Bonchev–Trinajstić information content (AvgIpc) is 3.24. The van der Waals surface area contributed by atoms with Crippen LogP contribution in [0.2, 0.25) is 0 Å². The summed E-state index contributed by atoms with van der Waals surface area (Å²) in [6.45, 7) is 3.72. The van der Waals surface area contributed by atoms with Crippen LogP contribution in [0.15, 0.2) is 36.4 Å². The molecule has 1 amide bonds. The first-order valence-corrected chi connectivity index (χ1v) is 10.7. The summed E-state index contributed by atoms with van der Waals surface area (Å²) in [5.41, 5.74) is 2.42. The van der Waals surface area contributed by atoms with Crippen molar-refractivity contribution in [1.29, 1.82) is 0 Å². The third kappa shape index (κ3) is 5.49. The molecule has 3 rings (SSSR count). The van der Waals surface area contributed by atoms with Gasteiger partial charge in [0.15, 0.2) is 0 Å². The lowest BCUT2D eigenvalue weighted by Crippen LogP contribution is -2.34. The van der Waals surface area contributed by atoms with Crippen molar-refractivity contribution >= 4 is 23.6 Å². The lowest BCUT2D eigenvalue weighted by Gasteiger charge is -2.15. The largest absolute Gasteiger partial charge is 0.481 e. The number of amides is 1. The number of aliphatic carboxylic acids is 1.